The Hall–Kier alpha value is -1.62. The predicted octanol–water partition coefficient (Wildman–Crippen LogP) is 1.51. The van der Waals surface area contributed by atoms with Crippen LogP contribution in [0, 0.1) is 0 Å². The first-order valence-electron chi connectivity index (χ1n) is 6.42. The zero-order chi connectivity index (χ0) is 13.1. The van der Waals surface area contributed by atoms with Crippen LogP contribution in [0.5, 0.6) is 0 Å². The molecule has 2 aromatic rings. The summed E-state index contributed by atoms with van der Waals surface area (Å²) in [6.45, 7) is 5.11. The molecule has 18 heavy (non-hydrogen) atoms. The molecule has 0 fully saturated rings. The van der Waals surface area contributed by atoms with Crippen LogP contribution < -0.4 is 5.32 Å². The highest BCUT2D eigenvalue weighted by atomic mass is 15.3. The third kappa shape index (κ3) is 2.18. The van der Waals surface area contributed by atoms with Gasteiger partial charge in [-0.1, -0.05) is 6.92 Å². The van der Waals surface area contributed by atoms with Gasteiger partial charge in [0.05, 0.1) is 11.4 Å². The minimum absolute atomic E-state index is 0.0812. The largest absolute Gasteiger partial charge is 0.336 e. The van der Waals surface area contributed by atoms with Crippen molar-refractivity contribution >= 4 is 0 Å². The maximum Gasteiger partial charge on any atom is 0.131 e. The van der Waals surface area contributed by atoms with Gasteiger partial charge < -0.3 is 9.88 Å². The highest BCUT2D eigenvalue weighted by Crippen LogP contribution is 2.21. The fraction of sp³-hybridized carbons (Fsp3) is 0.538. The summed E-state index contributed by atoms with van der Waals surface area (Å²) in [5, 5.41) is 7.92. The second-order valence-electron chi connectivity index (χ2n) is 4.35. The minimum atomic E-state index is 0.0812. The third-order valence-electron chi connectivity index (χ3n) is 3.22. The molecular formula is C13H21N5. The van der Waals surface area contributed by atoms with Crippen molar-refractivity contribution in [1.29, 1.82) is 0 Å². The molecule has 98 valence electrons. The van der Waals surface area contributed by atoms with Crippen LogP contribution >= 0.6 is 0 Å². The van der Waals surface area contributed by atoms with Crippen LogP contribution in [0.25, 0.3) is 0 Å². The summed E-state index contributed by atoms with van der Waals surface area (Å²) in [6, 6.07) is 2.25. The van der Waals surface area contributed by atoms with Gasteiger partial charge in [0.2, 0.25) is 0 Å². The molecule has 1 unspecified atom stereocenters. The number of aromatic nitrogens is 4. The Morgan fingerprint density at radius 3 is 2.67 bits per heavy atom. The van der Waals surface area contributed by atoms with Gasteiger partial charge in [0.1, 0.15) is 11.9 Å². The Labute approximate surface area is 108 Å². The van der Waals surface area contributed by atoms with Crippen molar-refractivity contribution in [1.82, 2.24) is 24.6 Å². The molecule has 1 N–H and O–H groups in total. The smallest absolute Gasteiger partial charge is 0.131 e. The molecule has 0 aliphatic carbocycles. The average Bonchev–Trinajstić information content (AvgIpc) is 2.98. The number of hydrogen-bond donors (Lipinski definition) is 1. The van der Waals surface area contributed by atoms with Crippen molar-refractivity contribution in [2.24, 2.45) is 7.05 Å². The Morgan fingerprint density at radius 1 is 1.39 bits per heavy atom. The van der Waals surface area contributed by atoms with Gasteiger partial charge in [-0.3, -0.25) is 4.68 Å². The first kappa shape index (κ1) is 12.8. The van der Waals surface area contributed by atoms with E-state index in [0.29, 0.717) is 0 Å². The average molecular weight is 247 g/mol. The molecule has 5 nitrogen and oxygen atoms in total. The fourth-order valence-corrected chi connectivity index (χ4v) is 2.21. The molecule has 0 saturated carbocycles. The van der Waals surface area contributed by atoms with E-state index in [1.165, 1.54) is 5.69 Å². The maximum atomic E-state index is 4.60. The SMILES string of the molecule is CCc1cc(C(NC)c2nccn2C)n(CC)n1. The van der Waals surface area contributed by atoms with Crippen LogP contribution in [0.4, 0.5) is 0 Å². The molecule has 2 heterocycles. The molecule has 0 saturated heterocycles. The number of aryl methyl sites for hydroxylation is 3. The van der Waals surface area contributed by atoms with E-state index in [1.807, 2.05) is 31.1 Å². The van der Waals surface area contributed by atoms with Gasteiger partial charge in [-0.2, -0.15) is 5.10 Å². The Morgan fingerprint density at radius 2 is 2.17 bits per heavy atom. The Kier molecular flexibility index (Phi) is 3.81. The van der Waals surface area contributed by atoms with Gasteiger partial charge in [-0.25, -0.2) is 4.98 Å². The van der Waals surface area contributed by atoms with Crippen molar-refractivity contribution in [3.63, 3.8) is 0 Å². The molecule has 1 atom stereocenters. The van der Waals surface area contributed by atoms with Gasteiger partial charge >= 0.3 is 0 Å². The van der Waals surface area contributed by atoms with Gasteiger partial charge in [0.25, 0.3) is 0 Å². The molecule has 0 radical (unpaired) electrons. The third-order valence-corrected chi connectivity index (χ3v) is 3.22. The van der Waals surface area contributed by atoms with E-state index in [2.05, 4.69) is 40.0 Å². The Balaban J connectivity index is 2.44. The molecule has 2 aromatic heterocycles. The number of hydrogen-bond acceptors (Lipinski definition) is 3. The van der Waals surface area contributed by atoms with Crippen molar-refractivity contribution in [3.8, 4) is 0 Å². The number of rotatable bonds is 5. The van der Waals surface area contributed by atoms with E-state index in [1.54, 1.807) is 0 Å². The lowest BCUT2D eigenvalue weighted by atomic mass is 10.1. The molecular weight excluding hydrogens is 226 g/mol. The summed E-state index contributed by atoms with van der Waals surface area (Å²) in [5.41, 5.74) is 2.30. The lowest BCUT2D eigenvalue weighted by Gasteiger charge is -2.17. The monoisotopic (exact) mass is 247 g/mol. The van der Waals surface area contributed by atoms with Crippen LogP contribution in [0.1, 0.15) is 37.1 Å². The zero-order valence-electron chi connectivity index (χ0n) is 11.5. The second-order valence-corrected chi connectivity index (χ2v) is 4.35. The highest BCUT2D eigenvalue weighted by molar-refractivity contribution is 5.21. The van der Waals surface area contributed by atoms with E-state index in [-0.39, 0.29) is 6.04 Å². The lowest BCUT2D eigenvalue weighted by molar-refractivity contribution is 0.533. The standard InChI is InChI=1S/C13H21N5/c1-5-10-9-11(18(6-2)16-10)12(14-3)13-15-7-8-17(13)4/h7-9,12,14H,5-6H2,1-4H3. The summed E-state index contributed by atoms with van der Waals surface area (Å²) in [4.78, 5) is 4.43. The first-order chi connectivity index (χ1) is 8.71. The molecule has 0 aliphatic heterocycles. The lowest BCUT2D eigenvalue weighted by Crippen LogP contribution is -2.24. The fourth-order valence-electron chi connectivity index (χ4n) is 2.21. The summed E-state index contributed by atoms with van der Waals surface area (Å²) in [5.74, 6) is 1.01. The number of imidazole rings is 1. The van der Waals surface area contributed by atoms with E-state index in [0.717, 1.165) is 24.5 Å². The maximum absolute atomic E-state index is 4.60. The molecule has 2 rings (SSSR count). The first-order valence-corrected chi connectivity index (χ1v) is 6.42. The molecule has 0 amide bonds. The van der Waals surface area contributed by atoms with Crippen LogP contribution in [0.15, 0.2) is 18.5 Å². The van der Waals surface area contributed by atoms with E-state index >= 15 is 0 Å². The summed E-state index contributed by atoms with van der Waals surface area (Å²) < 4.78 is 4.09. The molecule has 0 spiro atoms. The van der Waals surface area contributed by atoms with Crippen LogP contribution in [0.2, 0.25) is 0 Å². The normalized spacial score (nSPS) is 12.9. The number of nitrogens with zero attached hydrogens (tertiary/aromatic N) is 4. The van der Waals surface area contributed by atoms with Gasteiger partial charge in [0, 0.05) is 26.0 Å². The van der Waals surface area contributed by atoms with E-state index in [9.17, 15) is 0 Å². The van der Waals surface area contributed by atoms with Gasteiger partial charge in [-0.05, 0) is 26.5 Å². The summed E-state index contributed by atoms with van der Waals surface area (Å²) in [6.07, 6.45) is 4.75. The van der Waals surface area contributed by atoms with Crippen molar-refractivity contribution < 1.29 is 0 Å². The molecule has 5 heteroatoms. The molecule has 0 aliphatic rings. The van der Waals surface area contributed by atoms with Crippen molar-refractivity contribution in [2.45, 2.75) is 32.9 Å². The van der Waals surface area contributed by atoms with Crippen LogP contribution in [-0.2, 0) is 20.0 Å². The van der Waals surface area contributed by atoms with E-state index in [4.69, 9.17) is 0 Å². The van der Waals surface area contributed by atoms with Gasteiger partial charge in [0.15, 0.2) is 0 Å². The van der Waals surface area contributed by atoms with E-state index < -0.39 is 0 Å². The topological polar surface area (TPSA) is 47.7 Å². The van der Waals surface area contributed by atoms with Crippen LogP contribution in [0.3, 0.4) is 0 Å². The highest BCUT2D eigenvalue weighted by Gasteiger charge is 2.21. The summed E-state index contributed by atoms with van der Waals surface area (Å²) in [7, 11) is 3.97. The number of nitrogens with one attached hydrogen (secondary N) is 1. The minimum Gasteiger partial charge on any atom is -0.336 e. The quantitative estimate of drug-likeness (QED) is 0.871. The predicted molar refractivity (Wildman–Crippen MR) is 71.4 cm³/mol. The second kappa shape index (κ2) is 5.35. The molecule has 0 bridgehead atoms. The Bertz CT molecular complexity index is 511. The van der Waals surface area contributed by atoms with Crippen LogP contribution in [-0.4, -0.2) is 26.4 Å². The molecule has 0 aromatic carbocycles. The zero-order valence-corrected chi connectivity index (χ0v) is 11.5. The van der Waals surface area contributed by atoms with Crippen molar-refractivity contribution in [3.05, 3.63) is 35.7 Å². The van der Waals surface area contributed by atoms with Gasteiger partial charge in [-0.15, -0.1) is 0 Å². The van der Waals surface area contributed by atoms with Crippen molar-refractivity contribution in [2.75, 3.05) is 7.05 Å². The summed E-state index contributed by atoms with van der Waals surface area (Å²) >= 11 is 0.